The maximum Gasteiger partial charge on any atom is 0.360 e. The molecule has 6 nitrogen and oxygen atoms in total. The highest BCUT2D eigenvalue weighted by Gasteiger charge is 2.23. The van der Waals surface area contributed by atoms with Crippen molar-refractivity contribution in [1.29, 1.82) is 0 Å². The van der Waals surface area contributed by atoms with Crippen LogP contribution in [0.15, 0.2) is 18.2 Å². The summed E-state index contributed by atoms with van der Waals surface area (Å²) >= 11 is 0. The molecule has 112 valence electrons. The number of aryl methyl sites for hydroxylation is 1. The maximum absolute atomic E-state index is 11.9. The molecule has 0 aliphatic carbocycles. The lowest BCUT2D eigenvalue weighted by Gasteiger charge is -2.10. The van der Waals surface area contributed by atoms with Gasteiger partial charge in [0, 0.05) is 5.69 Å². The highest BCUT2D eigenvalue weighted by Crippen LogP contribution is 2.19. The number of ether oxygens (including phenoxy) is 1. The summed E-state index contributed by atoms with van der Waals surface area (Å²) in [6, 6.07) is 5.83. The molecule has 0 aromatic carbocycles. The van der Waals surface area contributed by atoms with Crippen LogP contribution in [0, 0.1) is 6.92 Å². The number of nitrogens with zero attached hydrogens (tertiary/aromatic N) is 4. The minimum absolute atomic E-state index is 0.115. The largest absolute Gasteiger partial charge is 0.461 e. The lowest BCUT2D eigenvalue weighted by atomic mass is 10.1. The molecular formula is C15H20N4O2. The van der Waals surface area contributed by atoms with Gasteiger partial charge in [0.2, 0.25) is 0 Å². The maximum atomic E-state index is 11.9. The standard InChI is InChI=1S/C15H20N4O2/c1-5-21-15(20)13-14(10(2)3)19(18-17-13)9-12-8-6-7-11(4)16-12/h6-8,10H,5,9H2,1-4H3. The van der Waals surface area contributed by atoms with E-state index in [0.717, 1.165) is 17.1 Å². The normalized spacial score (nSPS) is 10.9. The molecule has 2 rings (SSSR count). The fraction of sp³-hybridized carbons (Fsp3) is 0.467. The van der Waals surface area contributed by atoms with Gasteiger partial charge in [0.25, 0.3) is 0 Å². The summed E-state index contributed by atoms with van der Waals surface area (Å²) < 4.78 is 6.75. The molecule has 0 spiro atoms. The van der Waals surface area contributed by atoms with Crippen molar-refractivity contribution in [2.45, 2.75) is 40.2 Å². The summed E-state index contributed by atoms with van der Waals surface area (Å²) in [5.74, 6) is -0.311. The van der Waals surface area contributed by atoms with Crippen molar-refractivity contribution in [1.82, 2.24) is 20.0 Å². The number of rotatable bonds is 5. The molecule has 0 unspecified atom stereocenters. The Morgan fingerprint density at radius 3 is 2.76 bits per heavy atom. The number of esters is 1. The van der Waals surface area contributed by atoms with Crippen molar-refractivity contribution >= 4 is 5.97 Å². The predicted octanol–water partition coefficient (Wildman–Crippen LogP) is 2.33. The highest BCUT2D eigenvalue weighted by atomic mass is 16.5. The average Bonchev–Trinajstić information content (AvgIpc) is 2.83. The third-order valence-corrected chi connectivity index (χ3v) is 3.05. The van der Waals surface area contributed by atoms with Crippen LogP contribution in [-0.4, -0.2) is 32.6 Å². The Morgan fingerprint density at radius 2 is 2.14 bits per heavy atom. The number of hydrogen-bond acceptors (Lipinski definition) is 5. The second-order valence-corrected chi connectivity index (χ2v) is 5.13. The van der Waals surface area contributed by atoms with E-state index in [4.69, 9.17) is 4.74 Å². The molecule has 0 aliphatic rings. The summed E-state index contributed by atoms with van der Waals surface area (Å²) in [5, 5.41) is 8.08. The minimum atomic E-state index is -0.426. The van der Waals surface area contributed by atoms with Gasteiger partial charge in [-0.3, -0.25) is 4.98 Å². The average molecular weight is 288 g/mol. The third kappa shape index (κ3) is 3.45. The summed E-state index contributed by atoms with van der Waals surface area (Å²) in [6.07, 6.45) is 0. The third-order valence-electron chi connectivity index (χ3n) is 3.05. The second-order valence-electron chi connectivity index (χ2n) is 5.13. The van der Waals surface area contributed by atoms with Crippen LogP contribution in [0.3, 0.4) is 0 Å². The first kappa shape index (κ1) is 15.2. The Kier molecular flexibility index (Phi) is 4.67. The van der Waals surface area contributed by atoms with Crippen LogP contribution in [0.5, 0.6) is 0 Å². The Bertz CT molecular complexity index is 634. The van der Waals surface area contributed by atoms with Crippen LogP contribution < -0.4 is 0 Å². The molecule has 0 bridgehead atoms. The second kappa shape index (κ2) is 6.47. The molecule has 0 radical (unpaired) electrons. The van der Waals surface area contributed by atoms with Crippen molar-refractivity contribution in [2.24, 2.45) is 0 Å². The van der Waals surface area contributed by atoms with Crippen LogP contribution in [0.25, 0.3) is 0 Å². The van der Waals surface area contributed by atoms with Gasteiger partial charge in [-0.25, -0.2) is 9.48 Å². The fourth-order valence-electron chi connectivity index (χ4n) is 2.19. The number of pyridine rings is 1. The SMILES string of the molecule is CCOC(=O)c1nnn(Cc2cccc(C)n2)c1C(C)C. The number of aromatic nitrogens is 4. The molecule has 6 heteroatoms. The van der Waals surface area contributed by atoms with Gasteiger partial charge in [0.1, 0.15) is 0 Å². The van der Waals surface area contributed by atoms with Crippen molar-refractivity contribution in [3.63, 3.8) is 0 Å². The van der Waals surface area contributed by atoms with E-state index in [-0.39, 0.29) is 5.92 Å². The van der Waals surface area contributed by atoms with E-state index in [1.165, 1.54) is 0 Å². The number of hydrogen-bond donors (Lipinski definition) is 0. The van der Waals surface area contributed by atoms with Gasteiger partial charge in [0.05, 0.1) is 24.5 Å². The zero-order valence-electron chi connectivity index (χ0n) is 12.8. The fourth-order valence-corrected chi connectivity index (χ4v) is 2.19. The molecule has 0 saturated heterocycles. The Morgan fingerprint density at radius 1 is 1.38 bits per heavy atom. The van der Waals surface area contributed by atoms with Crippen LogP contribution >= 0.6 is 0 Å². The van der Waals surface area contributed by atoms with E-state index in [0.29, 0.717) is 18.8 Å². The van der Waals surface area contributed by atoms with Crippen molar-refractivity contribution < 1.29 is 9.53 Å². The molecule has 0 aliphatic heterocycles. The molecule has 2 aromatic rings. The lowest BCUT2D eigenvalue weighted by molar-refractivity contribution is 0.0517. The van der Waals surface area contributed by atoms with Crippen LogP contribution in [0.2, 0.25) is 0 Å². The topological polar surface area (TPSA) is 69.9 Å². The van der Waals surface area contributed by atoms with E-state index in [1.807, 2.05) is 39.0 Å². The monoisotopic (exact) mass is 288 g/mol. The van der Waals surface area contributed by atoms with Crippen LogP contribution in [-0.2, 0) is 11.3 Å². The quantitative estimate of drug-likeness (QED) is 0.790. The Balaban J connectivity index is 2.34. The molecule has 2 aromatic heterocycles. The van der Waals surface area contributed by atoms with E-state index in [9.17, 15) is 4.79 Å². The number of carbonyl (C=O) groups excluding carboxylic acids is 1. The first-order valence-corrected chi connectivity index (χ1v) is 7.06. The molecule has 0 amide bonds. The van der Waals surface area contributed by atoms with E-state index >= 15 is 0 Å². The Labute approximate surface area is 124 Å². The smallest absolute Gasteiger partial charge is 0.360 e. The van der Waals surface area contributed by atoms with Gasteiger partial charge >= 0.3 is 5.97 Å². The minimum Gasteiger partial charge on any atom is -0.461 e. The van der Waals surface area contributed by atoms with Gasteiger partial charge < -0.3 is 4.74 Å². The van der Waals surface area contributed by atoms with Crippen LogP contribution in [0.4, 0.5) is 0 Å². The van der Waals surface area contributed by atoms with Gasteiger partial charge in [-0.15, -0.1) is 5.10 Å². The van der Waals surface area contributed by atoms with Gasteiger partial charge in [-0.2, -0.15) is 0 Å². The molecular weight excluding hydrogens is 268 g/mol. The summed E-state index contributed by atoms with van der Waals surface area (Å²) in [6.45, 7) is 8.53. The molecule has 0 saturated carbocycles. The molecule has 21 heavy (non-hydrogen) atoms. The van der Waals surface area contributed by atoms with Crippen LogP contribution in [0.1, 0.15) is 54.3 Å². The predicted molar refractivity (Wildman–Crippen MR) is 78.1 cm³/mol. The molecule has 0 atom stereocenters. The summed E-state index contributed by atoms with van der Waals surface area (Å²) in [5.41, 5.74) is 2.90. The first-order chi connectivity index (χ1) is 10.0. The van der Waals surface area contributed by atoms with Crippen molar-refractivity contribution in [2.75, 3.05) is 6.61 Å². The van der Waals surface area contributed by atoms with E-state index in [1.54, 1.807) is 11.6 Å². The Hall–Kier alpha value is -2.24. The molecule has 2 heterocycles. The van der Waals surface area contributed by atoms with Gasteiger partial charge in [0.15, 0.2) is 5.69 Å². The van der Waals surface area contributed by atoms with E-state index < -0.39 is 5.97 Å². The van der Waals surface area contributed by atoms with Crippen molar-refractivity contribution in [3.05, 3.63) is 41.0 Å². The molecule has 0 fully saturated rings. The first-order valence-electron chi connectivity index (χ1n) is 7.06. The van der Waals surface area contributed by atoms with Gasteiger partial charge in [-0.1, -0.05) is 25.1 Å². The molecule has 0 N–H and O–H groups in total. The lowest BCUT2D eigenvalue weighted by Crippen LogP contribution is -2.13. The zero-order valence-corrected chi connectivity index (χ0v) is 12.8. The summed E-state index contributed by atoms with van der Waals surface area (Å²) in [7, 11) is 0. The zero-order chi connectivity index (χ0) is 15.4. The van der Waals surface area contributed by atoms with Crippen molar-refractivity contribution in [3.8, 4) is 0 Å². The van der Waals surface area contributed by atoms with Gasteiger partial charge in [-0.05, 0) is 31.9 Å². The summed E-state index contributed by atoms with van der Waals surface area (Å²) in [4.78, 5) is 16.4. The number of carbonyl (C=O) groups is 1. The highest BCUT2D eigenvalue weighted by molar-refractivity contribution is 5.88. The van der Waals surface area contributed by atoms with E-state index in [2.05, 4.69) is 15.3 Å².